The second kappa shape index (κ2) is 4.16. The van der Waals surface area contributed by atoms with Crippen molar-refractivity contribution in [2.45, 2.75) is 6.92 Å². The van der Waals surface area contributed by atoms with E-state index in [2.05, 4.69) is 0 Å². The van der Waals surface area contributed by atoms with Crippen LogP contribution in [0.2, 0.25) is 0 Å². The second-order valence-corrected chi connectivity index (χ2v) is 3.68. The number of rotatable bonds is 1. The lowest BCUT2D eigenvalue weighted by Crippen LogP contribution is -1.86. The minimum absolute atomic E-state index is 0.301. The molecule has 0 fully saturated rings. The summed E-state index contributed by atoms with van der Waals surface area (Å²) in [5, 5.41) is 8.78. The van der Waals surface area contributed by atoms with E-state index in [0.717, 1.165) is 11.1 Å². The van der Waals surface area contributed by atoms with Crippen LogP contribution in [-0.2, 0) is 0 Å². The highest BCUT2D eigenvalue weighted by atomic mass is 19.1. The Morgan fingerprint density at radius 3 is 2.62 bits per heavy atom. The first-order valence-corrected chi connectivity index (χ1v) is 4.97. The molecule has 0 spiro atoms. The third-order valence-electron chi connectivity index (χ3n) is 2.42. The molecule has 2 aromatic rings. The topological polar surface area (TPSA) is 23.8 Å². The molecule has 2 aromatic carbocycles. The van der Waals surface area contributed by atoms with E-state index in [1.165, 1.54) is 12.1 Å². The van der Waals surface area contributed by atoms with Gasteiger partial charge in [-0.1, -0.05) is 29.8 Å². The molecule has 0 aliphatic carbocycles. The summed E-state index contributed by atoms with van der Waals surface area (Å²) in [4.78, 5) is 0. The van der Waals surface area contributed by atoms with Gasteiger partial charge in [0.05, 0.1) is 11.6 Å². The zero-order valence-corrected chi connectivity index (χ0v) is 8.87. The largest absolute Gasteiger partial charge is 0.206 e. The monoisotopic (exact) mass is 211 g/mol. The number of nitrogens with zero attached hydrogens (tertiary/aromatic N) is 1. The molecule has 0 radical (unpaired) electrons. The van der Waals surface area contributed by atoms with Gasteiger partial charge in [0.1, 0.15) is 5.82 Å². The number of nitriles is 1. The van der Waals surface area contributed by atoms with Crippen LogP contribution in [0.4, 0.5) is 4.39 Å². The van der Waals surface area contributed by atoms with Crippen molar-refractivity contribution in [3.05, 3.63) is 59.4 Å². The Hall–Kier alpha value is -2.14. The summed E-state index contributed by atoms with van der Waals surface area (Å²) in [6, 6.07) is 14.0. The normalized spacial score (nSPS) is 9.81. The van der Waals surface area contributed by atoms with Crippen molar-refractivity contribution in [1.82, 2.24) is 0 Å². The van der Waals surface area contributed by atoms with Crippen LogP contribution in [0.1, 0.15) is 11.1 Å². The van der Waals surface area contributed by atoms with Crippen LogP contribution in [-0.4, -0.2) is 0 Å². The highest BCUT2D eigenvalue weighted by Gasteiger charge is 2.06. The lowest BCUT2D eigenvalue weighted by molar-refractivity contribution is 0.631. The molecule has 0 atom stereocenters. The molecule has 2 heteroatoms. The summed E-state index contributed by atoms with van der Waals surface area (Å²) in [5.74, 6) is -0.301. The van der Waals surface area contributed by atoms with Gasteiger partial charge in [0.15, 0.2) is 0 Å². The van der Waals surface area contributed by atoms with Crippen molar-refractivity contribution < 1.29 is 4.39 Å². The van der Waals surface area contributed by atoms with Crippen LogP contribution in [0.15, 0.2) is 42.5 Å². The van der Waals surface area contributed by atoms with Gasteiger partial charge in [-0.25, -0.2) is 4.39 Å². The number of hydrogen-bond donors (Lipinski definition) is 0. The van der Waals surface area contributed by atoms with E-state index in [4.69, 9.17) is 5.26 Å². The fourth-order valence-corrected chi connectivity index (χ4v) is 1.63. The SMILES string of the molecule is Cc1cccc(-c2cc(C#N)ccc2F)c1. The standard InChI is InChI=1S/C14H10FN/c1-10-3-2-4-12(7-10)13-8-11(9-16)5-6-14(13)15/h2-8H,1H3. The first-order chi connectivity index (χ1) is 7.70. The van der Waals surface area contributed by atoms with E-state index in [1.807, 2.05) is 37.3 Å². The summed E-state index contributed by atoms with van der Waals surface area (Å²) in [6.07, 6.45) is 0. The molecule has 0 saturated heterocycles. The fraction of sp³-hybridized carbons (Fsp3) is 0.0714. The van der Waals surface area contributed by atoms with Crippen molar-refractivity contribution in [2.75, 3.05) is 0 Å². The Morgan fingerprint density at radius 2 is 1.94 bits per heavy atom. The van der Waals surface area contributed by atoms with E-state index in [-0.39, 0.29) is 5.82 Å². The van der Waals surface area contributed by atoms with Crippen molar-refractivity contribution in [2.24, 2.45) is 0 Å². The molecule has 0 aliphatic heterocycles. The number of benzene rings is 2. The van der Waals surface area contributed by atoms with E-state index in [0.29, 0.717) is 11.1 Å². The lowest BCUT2D eigenvalue weighted by Gasteiger charge is -2.04. The molecule has 2 rings (SSSR count). The summed E-state index contributed by atoms with van der Waals surface area (Å²) in [7, 11) is 0. The predicted octanol–water partition coefficient (Wildman–Crippen LogP) is 3.67. The highest BCUT2D eigenvalue weighted by molar-refractivity contribution is 5.66. The van der Waals surface area contributed by atoms with E-state index >= 15 is 0 Å². The predicted molar refractivity (Wildman–Crippen MR) is 61.3 cm³/mol. The zero-order chi connectivity index (χ0) is 11.5. The average Bonchev–Trinajstić information content (AvgIpc) is 2.30. The molecular formula is C14H10FN. The van der Waals surface area contributed by atoms with Crippen LogP contribution < -0.4 is 0 Å². The lowest BCUT2D eigenvalue weighted by atomic mass is 10.0. The van der Waals surface area contributed by atoms with E-state index < -0.39 is 0 Å². The molecule has 0 N–H and O–H groups in total. The smallest absolute Gasteiger partial charge is 0.131 e. The van der Waals surface area contributed by atoms with Crippen LogP contribution >= 0.6 is 0 Å². The summed E-state index contributed by atoms with van der Waals surface area (Å²) >= 11 is 0. The summed E-state index contributed by atoms with van der Waals surface area (Å²) in [5.41, 5.74) is 2.81. The van der Waals surface area contributed by atoms with Gasteiger partial charge in [0.25, 0.3) is 0 Å². The molecule has 0 heterocycles. The van der Waals surface area contributed by atoms with Gasteiger partial charge >= 0.3 is 0 Å². The fourth-order valence-electron chi connectivity index (χ4n) is 1.63. The Balaban J connectivity index is 2.60. The third-order valence-corrected chi connectivity index (χ3v) is 2.42. The zero-order valence-electron chi connectivity index (χ0n) is 8.87. The number of hydrogen-bond acceptors (Lipinski definition) is 1. The van der Waals surface area contributed by atoms with Gasteiger partial charge in [0.2, 0.25) is 0 Å². The first kappa shape index (κ1) is 10.4. The molecule has 0 unspecified atom stereocenters. The molecule has 78 valence electrons. The van der Waals surface area contributed by atoms with Crippen LogP contribution in [0.25, 0.3) is 11.1 Å². The highest BCUT2D eigenvalue weighted by Crippen LogP contribution is 2.24. The van der Waals surface area contributed by atoms with Gasteiger partial charge < -0.3 is 0 Å². The molecule has 0 aliphatic rings. The number of halogens is 1. The van der Waals surface area contributed by atoms with Crippen molar-refractivity contribution >= 4 is 0 Å². The van der Waals surface area contributed by atoms with Crippen molar-refractivity contribution in [1.29, 1.82) is 5.26 Å². The van der Waals surface area contributed by atoms with Gasteiger partial charge in [0, 0.05) is 5.56 Å². The summed E-state index contributed by atoms with van der Waals surface area (Å²) < 4.78 is 13.6. The van der Waals surface area contributed by atoms with Crippen molar-refractivity contribution in [3.63, 3.8) is 0 Å². The van der Waals surface area contributed by atoms with Crippen LogP contribution in [0.5, 0.6) is 0 Å². The van der Waals surface area contributed by atoms with Gasteiger partial charge in [-0.15, -0.1) is 0 Å². The first-order valence-electron chi connectivity index (χ1n) is 4.97. The Kier molecular flexibility index (Phi) is 2.70. The molecule has 0 amide bonds. The average molecular weight is 211 g/mol. The number of aryl methyl sites for hydroxylation is 1. The Labute approximate surface area is 93.8 Å². The minimum atomic E-state index is -0.301. The van der Waals surface area contributed by atoms with Crippen LogP contribution in [0, 0.1) is 24.1 Å². The van der Waals surface area contributed by atoms with E-state index in [1.54, 1.807) is 6.07 Å². The van der Waals surface area contributed by atoms with Gasteiger partial charge in [-0.2, -0.15) is 5.26 Å². The molecule has 0 bridgehead atoms. The van der Waals surface area contributed by atoms with E-state index in [9.17, 15) is 4.39 Å². The quantitative estimate of drug-likeness (QED) is 0.706. The van der Waals surface area contributed by atoms with Crippen molar-refractivity contribution in [3.8, 4) is 17.2 Å². The van der Waals surface area contributed by atoms with Gasteiger partial charge in [-0.3, -0.25) is 0 Å². The Morgan fingerprint density at radius 1 is 1.12 bits per heavy atom. The molecule has 1 nitrogen and oxygen atoms in total. The Bertz CT molecular complexity index is 567. The van der Waals surface area contributed by atoms with Gasteiger partial charge in [-0.05, 0) is 30.7 Å². The molecule has 0 saturated carbocycles. The maximum atomic E-state index is 13.6. The van der Waals surface area contributed by atoms with Crippen LogP contribution in [0.3, 0.4) is 0 Å². The summed E-state index contributed by atoms with van der Waals surface area (Å²) in [6.45, 7) is 1.95. The molecule has 16 heavy (non-hydrogen) atoms. The maximum absolute atomic E-state index is 13.6. The second-order valence-electron chi connectivity index (χ2n) is 3.68. The molecule has 0 aromatic heterocycles. The minimum Gasteiger partial charge on any atom is -0.206 e. The maximum Gasteiger partial charge on any atom is 0.131 e. The molecular weight excluding hydrogens is 201 g/mol. The third kappa shape index (κ3) is 1.94.